The molecule has 0 heterocycles. The van der Waals surface area contributed by atoms with E-state index in [-0.39, 0.29) is 12.3 Å². The van der Waals surface area contributed by atoms with E-state index in [1.54, 1.807) is 19.1 Å². The van der Waals surface area contributed by atoms with E-state index in [2.05, 4.69) is 14.8 Å². The molecule has 0 saturated carbocycles. The summed E-state index contributed by atoms with van der Waals surface area (Å²) < 4.78 is 13.9. The van der Waals surface area contributed by atoms with Crippen molar-refractivity contribution in [2.24, 2.45) is 0 Å². The monoisotopic (exact) mass is 307 g/mol. The average molecular weight is 307 g/mol. The van der Waals surface area contributed by atoms with Gasteiger partial charge in [-0.2, -0.15) is 0 Å². The van der Waals surface area contributed by atoms with Gasteiger partial charge in [-0.25, -0.2) is 14.4 Å². The van der Waals surface area contributed by atoms with Crippen molar-refractivity contribution in [2.45, 2.75) is 6.92 Å². The van der Waals surface area contributed by atoms with Crippen LogP contribution in [0.1, 0.15) is 17.3 Å². The van der Waals surface area contributed by atoms with Crippen LogP contribution in [0.25, 0.3) is 0 Å². The molecule has 0 spiro atoms. The topological polar surface area (TPSA) is 90.9 Å². The number of esters is 3. The van der Waals surface area contributed by atoms with E-state index in [1.165, 1.54) is 26.4 Å². The number of hydrogen-bond acceptors (Lipinski definition) is 7. The first kappa shape index (κ1) is 17.2. The molecular formula is C15H17NO6. The van der Waals surface area contributed by atoms with Crippen LogP contribution in [-0.2, 0) is 23.8 Å². The maximum absolute atomic E-state index is 11.6. The first-order chi connectivity index (χ1) is 10.5. The Bertz CT molecular complexity index is 576. The number of carbonyl (C=O) groups is 3. The summed E-state index contributed by atoms with van der Waals surface area (Å²) >= 11 is 0. The molecule has 0 fully saturated rings. The predicted molar refractivity (Wildman–Crippen MR) is 78.1 cm³/mol. The summed E-state index contributed by atoms with van der Waals surface area (Å²) in [5.74, 6) is -1.86. The largest absolute Gasteiger partial charge is 0.466 e. The van der Waals surface area contributed by atoms with Crippen molar-refractivity contribution in [3.05, 3.63) is 41.6 Å². The van der Waals surface area contributed by atoms with Crippen molar-refractivity contribution in [1.82, 2.24) is 0 Å². The SMILES string of the molecule is CCOC(=O)c1ccc(N/C(=C\C(=O)OC)C(=O)OC)cc1. The molecule has 1 aromatic rings. The van der Waals surface area contributed by atoms with Gasteiger partial charge < -0.3 is 19.5 Å². The molecule has 0 bridgehead atoms. The number of rotatable bonds is 6. The Balaban J connectivity index is 2.90. The minimum Gasteiger partial charge on any atom is -0.466 e. The second kappa shape index (κ2) is 8.46. The van der Waals surface area contributed by atoms with Crippen molar-refractivity contribution >= 4 is 23.6 Å². The number of benzene rings is 1. The summed E-state index contributed by atoms with van der Waals surface area (Å²) in [5, 5.41) is 2.73. The predicted octanol–water partition coefficient (Wildman–Crippen LogP) is 1.51. The van der Waals surface area contributed by atoms with E-state index < -0.39 is 17.9 Å². The highest BCUT2D eigenvalue weighted by Crippen LogP contribution is 2.13. The van der Waals surface area contributed by atoms with Crippen molar-refractivity contribution < 1.29 is 28.6 Å². The second-order valence-electron chi connectivity index (χ2n) is 4.00. The molecule has 1 rings (SSSR count). The highest BCUT2D eigenvalue weighted by molar-refractivity contribution is 5.98. The first-order valence-electron chi connectivity index (χ1n) is 6.44. The number of anilines is 1. The lowest BCUT2D eigenvalue weighted by atomic mass is 10.2. The molecule has 7 nitrogen and oxygen atoms in total. The van der Waals surface area contributed by atoms with Gasteiger partial charge in [-0.3, -0.25) is 0 Å². The number of hydrogen-bond donors (Lipinski definition) is 1. The number of methoxy groups -OCH3 is 2. The fourth-order valence-corrected chi connectivity index (χ4v) is 1.49. The Hall–Kier alpha value is -2.83. The van der Waals surface area contributed by atoms with Gasteiger partial charge in [0, 0.05) is 5.69 Å². The van der Waals surface area contributed by atoms with Gasteiger partial charge in [0.15, 0.2) is 0 Å². The summed E-state index contributed by atoms with van der Waals surface area (Å²) in [6, 6.07) is 6.21. The Morgan fingerprint density at radius 3 is 2.23 bits per heavy atom. The number of ether oxygens (including phenoxy) is 3. The first-order valence-corrected chi connectivity index (χ1v) is 6.44. The maximum Gasteiger partial charge on any atom is 0.354 e. The Labute approximate surface area is 127 Å². The van der Waals surface area contributed by atoms with Crippen LogP contribution in [0.15, 0.2) is 36.0 Å². The van der Waals surface area contributed by atoms with Crippen molar-refractivity contribution in [2.75, 3.05) is 26.1 Å². The van der Waals surface area contributed by atoms with E-state index >= 15 is 0 Å². The summed E-state index contributed by atoms with van der Waals surface area (Å²) in [4.78, 5) is 34.4. The molecule has 0 aliphatic rings. The quantitative estimate of drug-likeness (QED) is 0.484. The van der Waals surface area contributed by atoms with Crippen LogP contribution < -0.4 is 5.32 Å². The van der Waals surface area contributed by atoms with E-state index in [9.17, 15) is 14.4 Å². The van der Waals surface area contributed by atoms with Gasteiger partial charge in [-0.15, -0.1) is 0 Å². The third-order valence-corrected chi connectivity index (χ3v) is 2.54. The Kier molecular flexibility index (Phi) is 6.62. The van der Waals surface area contributed by atoms with Gasteiger partial charge in [-0.05, 0) is 31.2 Å². The standard InChI is InChI=1S/C15H17NO6/c1-4-22-14(18)10-5-7-11(8-6-10)16-12(15(19)21-3)9-13(17)20-2/h5-9,16H,4H2,1-3H3/b12-9-. The van der Waals surface area contributed by atoms with Gasteiger partial charge in [0.25, 0.3) is 0 Å². The van der Waals surface area contributed by atoms with E-state index in [4.69, 9.17) is 4.74 Å². The molecule has 0 atom stereocenters. The summed E-state index contributed by atoms with van der Waals surface area (Å²) in [7, 11) is 2.39. The lowest BCUT2D eigenvalue weighted by molar-refractivity contribution is -0.138. The highest BCUT2D eigenvalue weighted by atomic mass is 16.5. The van der Waals surface area contributed by atoms with Gasteiger partial charge >= 0.3 is 17.9 Å². The maximum atomic E-state index is 11.6. The van der Waals surface area contributed by atoms with Crippen LogP contribution in [0.3, 0.4) is 0 Å². The van der Waals surface area contributed by atoms with Crippen LogP contribution in [0.4, 0.5) is 5.69 Å². The lowest BCUT2D eigenvalue weighted by Gasteiger charge is -2.09. The zero-order chi connectivity index (χ0) is 16.5. The zero-order valence-corrected chi connectivity index (χ0v) is 12.5. The van der Waals surface area contributed by atoms with Crippen LogP contribution in [0.2, 0.25) is 0 Å². The average Bonchev–Trinajstić information content (AvgIpc) is 2.54. The van der Waals surface area contributed by atoms with Gasteiger partial charge in [0.05, 0.1) is 32.5 Å². The van der Waals surface area contributed by atoms with Crippen molar-refractivity contribution in [3.63, 3.8) is 0 Å². The summed E-state index contributed by atoms with van der Waals surface area (Å²) in [6.07, 6.45) is 0.977. The molecule has 0 amide bonds. The lowest BCUT2D eigenvalue weighted by Crippen LogP contribution is -2.15. The molecular weight excluding hydrogens is 290 g/mol. The Morgan fingerprint density at radius 2 is 1.73 bits per heavy atom. The fraction of sp³-hybridized carbons (Fsp3) is 0.267. The molecule has 22 heavy (non-hydrogen) atoms. The molecule has 7 heteroatoms. The van der Waals surface area contributed by atoms with Gasteiger partial charge in [0.1, 0.15) is 5.70 Å². The minimum absolute atomic E-state index is 0.0850. The third-order valence-electron chi connectivity index (χ3n) is 2.54. The molecule has 118 valence electrons. The van der Waals surface area contributed by atoms with E-state index in [0.717, 1.165) is 6.08 Å². The minimum atomic E-state index is -0.722. The molecule has 0 aliphatic carbocycles. The molecule has 0 saturated heterocycles. The number of carbonyl (C=O) groups excluding carboxylic acids is 3. The zero-order valence-electron chi connectivity index (χ0n) is 12.5. The van der Waals surface area contributed by atoms with Gasteiger partial charge in [-0.1, -0.05) is 0 Å². The van der Waals surface area contributed by atoms with E-state index in [1.807, 2.05) is 0 Å². The van der Waals surface area contributed by atoms with Crippen LogP contribution in [0, 0.1) is 0 Å². The second-order valence-corrected chi connectivity index (χ2v) is 4.00. The summed E-state index contributed by atoms with van der Waals surface area (Å²) in [5.41, 5.74) is 0.788. The summed E-state index contributed by atoms with van der Waals surface area (Å²) in [6.45, 7) is 2.00. The van der Waals surface area contributed by atoms with Crippen molar-refractivity contribution in [3.8, 4) is 0 Å². The molecule has 0 aromatic heterocycles. The smallest absolute Gasteiger partial charge is 0.354 e. The Morgan fingerprint density at radius 1 is 1.09 bits per heavy atom. The molecule has 1 N–H and O–H groups in total. The van der Waals surface area contributed by atoms with Crippen LogP contribution >= 0.6 is 0 Å². The van der Waals surface area contributed by atoms with Crippen LogP contribution in [0.5, 0.6) is 0 Å². The van der Waals surface area contributed by atoms with Crippen LogP contribution in [-0.4, -0.2) is 38.7 Å². The van der Waals surface area contributed by atoms with Crippen molar-refractivity contribution in [1.29, 1.82) is 0 Å². The molecule has 0 radical (unpaired) electrons. The normalized spacial score (nSPS) is 10.6. The molecule has 1 aromatic carbocycles. The van der Waals surface area contributed by atoms with E-state index in [0.29, 0.717) is 11.3 Å². The fourth-order valence-electron chi connectivity index (χ4n) is 1.49. The number of nitrogens with one attached hydrogen (secondary N) is 1. The third kappa shape index (κ3) is 4.93. The molecule has 0 unspecified atom stereocenters. The van der Waals surface area contributed by atoms with Gasteiger partial charge in [0.2, 0.25) is 0 Å². The molecule has 0 aliphatic heterocycles. The highest BCUT2D eigenvalue weighted by Gasteiger charge is 2.13.